The largest absolute Gasteiger partial charge is 0.485 e. The van der Waals surface area contributed by atoms with Crippen LogP contribution in [0.1, 0.15) is 52.9 Å². The van der Waals surface area contributed by atoms with E-state index in [1.54, 1.807) is 24.3 Å². The first-order valence-corrected chi connectivity index (χ1v) is 8.70. The van der Waals surface area contributed by atoms with E-state index in [9.17, 15) is 9.90 Å². The number of carboxylic acids is 1. The molecule has 3 heteroatoms. The van der Waals surface area contributed by atoms with Gasteiger partial charge in [-0.25, -0.2) is 4.79 Å². The second kappa shape index (κ2) is 7.87. The first kappa shape index (κ1) is 17.7. The molecule has 0 aliphatic heterocycles. The maximum Gasteiger partial charge on any atom is 0.339 e. The standard InChI is InChI=1S/C23H22O3/c1-16(18-8-4-3-5-9-18)19-12-14-20(15-13-19)17(2)26-22-11-7-6-10-21(22)23(24)25/h3-17H,1-2H3,(H,24,25). The summed E-state index contributed by atoms with van der Waals surface area (Å²) in [5.41, 5.74) is 3.70. The highest BCUT2D eigenvalue weighted by Gasteiger charge is 2.15. The first-order valence-electron chi connectivity index (χ1n) is 8.70. The molecule has 0 fully saturated rings. The Morgan fingerprint density at radius 2 is 1.31 bits per heavy atom. The van der Waals surface area contributed by atoms with E-state index in [0.717, 1.165) is 5.56 Å². The van der Waals surface area contributed by atoms with Gasteiger partial charge in [0.1, 0.15) is 17.4 Å². The van der Waals surface area contributed by atoms with Crippen LogP contribution in [0.2, 0.25) is 0 Å². The summed E-state index contributed by atoms with van der Waals surface area (Å²) in [6, 6.07) is 25.4. The number of carbonyl (C=O) groups is 1. The number of carboxylic acid groups (broad SMARTS) is 1. The van der Waals surface area contributed by atoms with Crippen molar-refractivity contribution in [2.45, 2.75) is 25.9 Å². The van der Waals surface area contributed by atoms with Gasteiger partial charge in [0.2, 0.25) is 0 Å². The quantitative estimate of drug-likeness (QED) is 0.625. The Kier molecular flexibility index (Phi) is 5.37. The Morgan fingerprint density at radius 3 is 1.96 bits per heavy atom. The average molecular weight is 346 g/mol. The topological polar surface area (TPSA) is 46.5 Å². The molecule has 0 amide bonds. The molecule has 2 unspecified atom stereocenters. The Morgan fingerprint density at radius 1 is 0.769 bits per heavy atom. The van der Waals surface area contributed by atoms with E-state index >= 15 is 0 Å². The number of rotatable bonds is 6. The van der Waals surface area contributed by atoms with Gasteiger partial charge in [-0.3, -0.25) is 0 Å². The molecule has 1 N–H and O–H groups in total. The van der Waals surface area contributed by atoms with Crippen LogP contribution in [-0.4, -0.2) is 11.1 Å². The van der Waals surface area contributed by atoms with Crippen LogP contribution in [0.5, 0.6) is 5.75 Å². The van der Waals surface area contributed by atoms with Crippen LogP contribution >= 0.6 is 0 Å². The Hall–Kier alpha value is -3.07. The fourth-order valence-electron chi connectivity index (χ4n) is 2.99. The van der Waals surface area contributed by atoms with E-state index in [-0.39, 0.29) is 11.7 Å². The summed E-state index contributed by atoms with van der Waals surface area (Å²) in [5.74, 6) is -0.289. The van der Waals surface area contributed by atoms with Crippen molar-refractivity contribution in [2.75, 3.05) is 0 Å². The zero-order valence-electron chi connectivity index (χ0n) is 14.9. The van der Waals surface area contributed by atoms with Crippen molar-refractivity contribution in [1.29, 1.82) is 0 Å². The van der Waals surface area contributed by atoms with Crippen molar-refractivity contribution in [3.05, 3.63) is 101 Å². The summed E-state index contributed by atoms with van der Waals surface area (Å²) in [4.78, 5) is 11.3. The fraction of sp³-hybridized carbons (Fsp3) is 0.174. The monoisotopic (exact) mass is 346 g/mol. The van der Waals surface area contributed by atoms with E-state index in [0.29, 0.717) is 11.7 Å². The van der Waals surface area contributed by atoms with Crippen LogP contribution < -0.4 is 4.74 Å². The molecular formula is C23H22O3. The molecule has 0 saturated heterocycles. The minimum absolute atomic E-state index is 0.175. The lowest BCUT2D eigenvalue weighted by molar-refractivity contribution is 0.0689. The van der Waals surface area contributed by atoms with Gasteiger partial charge >= 0.3 is 5.97 Å². The summed E-state index contributed by atoms with van der Waals surface area (Å²) in [6.45, 7) is 4.11. The molecule has 3 nitrogen and oxygen atoms in total. The van der Waals surface area contributed by atoms with E-state index in [4.69, 9.17) is 4.74 Å². The molecule has 132 valence electrons. The Labute approximate surface area is 153 Å². The van der Waals surface area contributed by atoms with Crippen LogP contribution in [0.4, 0.5) is 0 Å². The normalized spacial score (nSPS) is 13.0. The predicted octanol–water partition coefficient (Wildman–Crippen LogP) is 5.68. The van der Waals surface area contributed by atoms with Crippen molar-refractivity contribution in [3.8, 4) is 5.75 Å². The highest BCUT2D eigenvalue weighted by atomic mass is 16.5. The predicted molar refractivity (Wildman–Crippen MR) is 103 cm³/mol. The number of benzene rings is 3. The van der Waals surface area contributed by atoms with Gasteiger partial charge in [-0.1, -0.05) is 73.7 Å². The van der Waals surface area contributed by atoms with Crippen molar-refractivity contribution in [2.24, 2.45) is 0 Å². The van der Waals surface area contributed by atoms with Crippen LogP contribution in [0.15, 0.2) is 78.9 Å². The third-order valence-corrected chi connectivity index (χ3v) is 4.63. The molecule has 2 atom stereocenters. The SMILES string of the molecule is CC(Oc1ccccc1C(=O)O)c1ccc(C(C)c2ccccc2)cc1. The van der Waals surface area contributed by atoms with Crippen LogP contribution in [-0.2, 0) is 0 Å². The van der Waals surface area contributed by atoms with Gasteiger partial charge in [0.25, 0.3) is 0 Å². The van der Waals surface area contributed by atoms with E-state index in [1.165, 1.54) is 11.1 Å². The number of hydrogen-bond donors (Lipinski definition) is 1. The molecule has 3 aromatic carbocycles. The number of para-hydroxylation sites is 1. The fourth-order valence-corrected chi connectivity index (χ4v) is 2.99. The lowest BCUT2D eigenvalue weighted by atomic mass is 9.92. The second-order valence-electron chi connectivity index (χ2n) is 6.36. The van der Waals surface area contributed by atoms with Crippen molar-refractivity contribution >= 4 is 5.97 Å². The highest BCUT2D eigenvalue weighted by Crippen LogP contribution is 2.28. The molecule has 3 rings (SSSR count). The Balaban J connectivity index is 1.75. The van der Waals surface area contributed by atoms with Crippen molar-refractivity contribution in [3.63, 3.8) is 0 Å². The molecule has 0 spiro atoms. The smallest absolute Gasteiger partial charge is 0.339 e. The van der Waals surface area contributed by atoms with Crippen LogP contribution in [0, 0.1) is 0 Å². The maximum atomic E-state index is 11.3. The average Bonchev–Trinajstić information content (AvgIpc) is 2.68. The van der Waals surface area contributed by atoms with E-state index in [1.807, 2.05) is 25.1 Å². The minimum Gasteiger partial charge on any atom is -0.485 e. The molecule has 0 radical (unpaired) electrons. The molecule has 0 heterocycles. The van der Waals surface area contributed by atoms with Crippen molar-refractivity contribution < 1.29 is 14.6 Å². The summed E-state index contributed by atoms with van der Waals surface area (Å²) in [5, 5.41) is 9.27. The lowest BCUT2D eigenvalue weighted by Gasteiger charge is -2.18. The van der Waals surface area contributed by atoms with Gasteiger partial charge in [-0.15, -0.1) is 0 Å². The van der Waals surface area contributed by atoms with Gasteiger partial charge in [0.15, 0.2) is 0 Å². The molecule has 26 heavy (non-hydrogen) atoms. The zero-order chi connectivity index (χ0) is 18.5. The zero-order valence-corrected chi connectivity index (χ0v) is 14.9. The molecule has 3 aromatic rings. The first-order chi connectivity index (χ1) is 12.6. The molecule has 0 aliphatic carbocycles. The van der Waals surface area contributed by atoms with Gasteiger partial charge in [-0.05, 0) is 35.7 Å². The third-order valence-electron chi connectivity index (χ3n) is 4.63. The van der Waals surface area contributed by atoms with Crippen molar-refractivity contribution in [1.82, 2.24) is 0 Å². The Bertz CT molecular complexity index is 869. The molecular weight excluding hydrogens is 324 g/mol. The van der Waals surface area contributed by atoms with E-state index in [2.05, 4.69) is 43.3 Å². The van der Waals surface area contributed by atoms with Gasteiger partial charge < -0.3 is 9.84 Å². The summed E-state index contributed by atoms with van der Waals surface area (Å²) in [6.07, 6.45) is -0.239. The van der Waals surface area contributed by atoms with Crippen LogP contribution in [0.3, 0.4) is 0 Å². The lowest BCUT2D eigenvalue weighted by Crippen LogP contribution is -2.07. The highest BCUT2D eigenvalue weighted by molar-refractivity contribution is 5.90. The third kappa shape index (κ3) is 3.94. The molecule has 0 aromatic heterocycles. The molecule has 0 aliphatic rings. The number of ether oxygens (including phenoxy) is 1. The number of aromatic carboxylic acids is 1. The summed E-state index contributed by atoms with van der Waals surface area (Å²) < 4.78 is 5.90. The summed E-state index contributed by atoms with van der Waals surface area (Å²) >= 11 is 0. The maximum absolute atomic E-state index is 11.3. The van der Waals surface area contributed by atoms with E-state index < -0.39 is 5.97 Å². The van der Waals surface area contributed by atoms with Gasteiger partial charge in [-0.2, -0.15) is 0 Å². The van der Waals surface area contributed by atoms with Gasteiger partial charge in [0, 0.05) is 5.92 Å². The second-order valence-corrected chi connectivity index (χ2v) is 6.36. The summed E-state index contributed by atoms with van der Waals surface area (Å²) in [7, 11) is 0. The molecule has 0 bridgehead atoms. The minimum atomic E-state index is -0.986. The molecule has 0 saturated carbocycles. The van der Waals surface area contributed by atoms with Gasteiger partial charge in [0.05, 0.1) is 0 Å². The number of hydrogen-bond acceptors (Lipinski definition) is 2. The van der Waals surface area contributed by atoms with Crippen LogP contribution in [0.25, 0.3) is 0 Å².